The Balaban J connectivity index is 1.35. The van der Waals surface area contributed by atoms with Crippen LogP contribution in [0.3, 0.4) is 0 Å². The summed E-state index contributed by atoms with van der Waals surface area (Å²) in [5, 5.41) is 7.10. The summed E-state index contributed by atoms with van der Waals surface area (Å²) in [6, 6.07) is 18.4. The van der Waals surface area contributed by atoms with Crippen LogP contribution in [0.15, 0.2) is 59.7 Å². The van der Waals surface area contributed by atoms with Crippen molar-refractivity contribution < 1.29 is 9.53 Å². The van der Waals surface area contributed by atoms with Crippen LogP contribution in [-0.4, -0.2) is 24.3 Å². The minimum atomic E-state index is -0.229. The number of esters is 1. The molecule has 1 atom stereocenters. The molecule has 202 valence electrons. The van der Waals surface area contributed by atoms with E-state index in [0.717, 1.165) is 42.1 Å². The summed E-state index contributed by atoms with van der Waals surface area (Å²) >= 11 is 0. The smallest absolute Gasteiger partial charge is 0.338 e. The molecule has 2 aromatic rings. The Labute approximate surface area is 225 Å². The van der Waals surface area contributed by atoms with Crippen LogP contribution in [0.4, 0.5) is 5.69 Å². The van der Waals surface area contributed by atoms with Crippen molar-refractivity contribution in [3.05, 3.63) is 65.7 Å². The summed E-state index contributed by atoms with van der Waals surface area (Å²) in [6.07, 6.45) is 13.7. The molecule has 1 aliphatic rings. The zero-order chi connectivity index (χ0) is 26.5. The highest BCUT2D eigenvalue weighted by molar-refractivity contribution is 6.03. The standard InChI is InChI=1S/C33H48N2O2/c1-26(2)17-13-10-8-6-5-7-9-11-16-24-37-33(36)29-22-20-28(21-23-29)31-25-32(27(3)4)35(34-31)30-18-14-12-15-19-30/h12,14-15,18-23,26-27,32H,5-11,13,16-17,24-25H2,1-4H3. The summed E-state index contributed by atoms with van der Waals surface area (Å²) in [5.74, 6) is 1.09. The lowest BCUT2D eigenvalue weighted by Crippen LogP contribution is -2.31. The van der Waals surface area contributed by atoms with Crippen molar-refractivity contribution >= 4 is 17.4 Å². The number of rotatable bonds is 16. The number of hydrazone groups is 1. The quantitative estimate of drug-likeness (QED) is 0.169. The zero-order valence-corrected chi connectivity index (χ0v) is 23.6. The van der Waals surface area contributed by atoms with E-state index in [2.05, 4.69) is 57.0 Å². The van der Waals surface area contributed by atoms with E-state index in [0.29, 0.717) is 24.1 Å². The molecule has 0 saturated carbocycles. The van der Waals surface area contributed by atoms with Crippen LogP contribution >= 0.6 is 0 Å². The number of hydrogen-bond acceptors (Lipinski definition) is 4. The number of benzene rings is 2. The molecule has 1 unspecified atom stereocenters. The Kier molecular flexibility index (Phi) is 12.2. The zero-order valence-electron chi connectivity index (χ0n) is 23.6. The number of carbonyl (C=O) groups excluding carboxylic acids is 1. The summed E-state index contributed by atoms with van der Waals surface area (Å²) in [6.45, 7) is 9.61. The van der Waals surface area contributed by atoms with Crippen molar-refractivity contribution in [2.24, 2.45) is 16.9 Å². The van der Waals surface area contributed by atoms with Crippen molar-refractivity contribution in [1.29, 1.82) is 0 Å². The summed E-state index contributed by atoms with van der Waals surface area (Å²) < 4.78 is 5.53. The van der Waals surface area contributed by atoms with E-state index in [1.165, 1.54) is 51.4 Å². The Bertz CT molecular complexity index is 950. The molecule has 2 aromatic carbocycles. The van der Waals surface area contributed by atoms with Crippen molar-refractivity contribution in [2.75, 3.05) is 11.6 Å². The monoisotopic (exact) mass is 504 g/mol. The second-order valence-electron chi connectivity index (χ2n) is 11.3. The summed E-state index contributed by atoms with van der Waals surface area (Å²) in [5.41, 5.74) is 3.87. The van der Waals surface area contributed by atoms with Gasteiger partial charge in [-0.2, -0.15) is 5.10 Å². The number of ether oxygens (including phenoxy) is 1. The predicted molar refractivity (Wildman–Crippen MR) is 156 cm³/mol. The number of hydrogen-bond donors (Lipinski definition) is 0. The normalized spacial score (nSPS) is 15.5. The van der Waals surface area contributed by atoms with E-state index >= 15 is 0 Å². The molecule has 1 aliphatic heterocycles. The maximum absolute atomic E-state index is 12.5. The fraction of sp³-hybridized carbons (Fsp3) is 0.576. The van der Waals surface area contributed by atoms with E-state index in [1.807, 2.05) is 30.3 Å². The maximum Gasteiger partial charge on any atom is 0.338 e. The van der Waals surface area contributed by atoms with Gasteiger partial charge >= 0.3 is 5.97 Å². The highest BCUT2D eigenvalue weighted by atomic mass is 16.5. The first-order valence-electron chi connectivity index (χ1n) is 14.6. The molecule has 0 aliphatic carbocycles. The van der Waals surface area contributed by atoms with Gasteiger partial charge in [-0.05, 0) is 48.1 Å². The first kappa shape index (κ1) is 28.9. The van der Waals surface area contributed by atoms with Gasteiger partial charge in [-0.1, -0.05) is 116 Å². The molecule has 0 amide bonds. The fourth-order valence-electron chi connectivity index (χ4n) is 4.99. The Morgan fingerprint density at radius 3 is 2.03 bits per heavy atom. The molecule has 0 saturated heterocycles. The Morgan fingerprint density at radius 1 is 0.838 bits per heavy atom. The van der Waals surface area contributed by atoms with Crippen LogP contribution in [0.1, 0.15) is 114 Å². The largest absolute Gasteiger partial charge is 0.462 e. The van der Waals surface area contributed by atoms with Gasteiger partial charge in [0.2, 0.25) is 0 Å². The topological polar surface area (TPSA) is 41.9 Å². The van der Waals surface area contributed by atoms with Crippen LogP contribution in [0.5, 0.6) is 0 Å². The van der Waals surface area contributed by atoms with Gasteiger partial charge < -0.3 is 4.74 Å². The third-order valence-corrected chi connectivity index (χ3v) is 7.35. The van der Waals surface area contributed by atoms with Crippen molar-refractivity contribution in [3.63, 3.8) is 0 Å². The van der Waals surface area contributed by atoms with Gasteiger partial charge in [0.15, 0.2) is 0 Å². The van der Waals surface area contributed by atoms with Crippen LogP contribution in [0, 0.1) is 11.8 Å². The fourth-order valence-corrected chi connectivity index (χ4v) is 4.99. The molecule has 0 bridgehead atoms. The second kappa shape index (κ2) is 15.6. The first-order chi connectivity index (χ1) is 18.0. The number of unbranched alkanes of at least 4 members (excludes halogenated alkanes) is 8. The first-order valence-corrected chi connectivity index (χ1v) is 14.6. The van der Waals surface area contributed by atoms with Crippen molar-refractivity contribution in [1.82, 2.24) is 0 Å². The van der Waals surface area contributed by atoms with E-state index in [9.17, 15) is 4.79 Å². The Morgan fingerprint density at radius 2 is 1.43 bits per heavy atom. The molecular formula is C33H48N2O2. The molecule has 1 heterocycles. The van der Waals surface area contributed by atoms with Gasteiger partial charge in [-0.15, -0.1) is 0 Å². The third-order valence-electron chi connectivity index (χ3n) is 7.35. The lowest BCUT2D eigenvalue weighted by atomic mass is 9.95. The van der Waals surface area contributed by atoms with E-state index in [-0.39, 0.29) is 5.97 Å². The molecule has 3 rings (SSSR count). The highest BCUT2D eigenvalue weighted by Crippen LogP contribution is 2.30. The Hall–Kier alpha value is -2.62. The summed E-state index contributed by atoms with van der Waals surface area (Å²) in [4.78, 5) is 12.5. The predicted octanol–water partition coefficient (Wildman–Crippen LogP) is 9.04. The SMILES string of the molecule is CC(C)CCCCCCCCCCCOC(=O)c1ccc(C2=NN(c3ccccc3)C(C(C)C)C2)cc1. The third kappa shape index (κ3) is 9.64. The van der Waals surface area contributed by atoms with Crippen molar-refractivity contribution in [3.8, 4) is 0 Å². The molecule has 0 aromatic heterocycles. The van der Waals surface area contributed by atoms with E-state index < -0.39 is 0 Å². The van der Waals surface area contributed by atoms with Crippen LogP contribution < -0.4 is 5.01 Å². The number of anilines is 1. The molecule has 0 radical (unpaired) electrons. The summed E-state index contributed by atoms with van der Waals surface area (Å²) in [7, 11) is 0. The van der Waals surface area contributed by atoms with Gasteiger partial charge in [-0.25, -0.2) is 4.79 Å². The van der Waals surface area contributed by atoms with E-state index in [1.54, 1.807) is 0 Å². The average molecular weight is 505 g/mol. The second-order valence-corrected chi connectivity index (χ2v) is 11.3. The number of para-hydroxylation sites is 1. The van der Waals surface area contributed by atoms with Gasteiger partial charge in [0.25, 0.3) is 0 Å². The number of carbonyl (C=O) groups is 1. The van der Waals surface area contributed by atoms with Gasteiger partial charge in [0.05, 0.1) is 29.6 Å². The van der Waals surface area contributed by atoms with Gasteiger partial charge in [0, 0.05) is 6.42 Å². The average Bonchev–Trinajstić information content (AvgIpc) is 3.36. The molecule has 0 fully saturated rings. The molecule has 0 N–H and O–H groups in total. The van der Waals surface area contributed by atoms with Crippen LogP contribution in [0.2, 0.25) is 0 Å². The van der Waals surface area contributed by atoms with Gasteiger partial charge in [0.1, 0.15) is 0 Å². The molecule has 0 spiro atoms. The molecular weight excluding hydrogens is 456 g/mol. The maximum atomic E-state index is 12.5. The van der Waals surface area contributed by atoms with Crippen molar-refractivity contribution in [2.45, 2.75) is 104 Å². The molecule has 37 heavy (non-hydrogen) atoms. The lowest BCUT2D eigenvalue weighted by molar-refractivity contribution is 0.0497. The highest BCUT2D eigenvalue weighted by Gasteiger charge is 2.30. The van der Waals surface area contributed by atoms with Crippen LogP contribution in [-0.2, 0) is 4.74 Å². The van der Waals surface area contributed by atoms with Gasteiger partial charge in [-0.3, -0.25) is 5.01 Å². The minimum Gasteiger partial charge on any atom is -0.462 e. The molecule has 4 heteroatoms. The number of nitrogens with zero attached hydrogens (tertiary/aromatic N) is 2. The van der Waals surface area contributed by atoms with E-state index in [4.69, 9.17) is 9.84 Å². The lowest BCUT2D eigenvalue weighted by Gasteiger charge is -2.26. The molecule has 4 nitrogen and oxygen atoms in total. The van der Waals surface area contributed by atoms with Crippen LogP contribution in [0.25, 0.3) is 0 Å². The minimum absolute atomic E-state index is 0.229.